The Morgan fingerprint density at radius 1 is 1.39 bits per heavy atom. The minimum Gasteiger partial charge on any atom is -0.469 e. The number of unbranched alkanes of at least 4 members (excludes halogenated alkanes) is 1. The van der Waals surface area contributed by atoms with Gasteiger partial charge in [0.05, 0.1) is 7.11 Å². The average molecular weight is 253 g/mol. The van der Waals surface area contributed by atoms with Gasteiger partial charge in [0.2, 0.25) is 5.91 Å². The molecule has 18 heavy (non-hydrogen) atoms. The molecular formula is C14H23NO3. The summed E-state index contributed by atoms with van der Waals surface area (Å²) in [5, 5.41) is 0. The molecular weight excluding hydrogens is 230 g/mol. The maximum Gasteiger partial charge on any atom is 0.315 e. The molecule has 0 atom stereocenters. The highest BCUT2D eigenvalue weighted by molar-refractivity contribution is 5.95. The molecule has 0 saturated carbocycles. The lowest BCUT2D eigenvalue weighted by Gasteiger charge is -2.27. The topological polar surface area (TPSA) is 46.6 Å². The highest BCUT2D eigenvalue weighted by Gasteiger charge is 2.21. The van der Waals surface area contributed by atoms with E-state index in [4.69, 9.17) is 0 Å². The molecule has 0 aliphatic heterocycles. The smallest absolute Gasteiger partial charge is 0.315 e. The summed E-state index contributed by atoms with van der Waals surface area (Å²) in [7, 11) is 1.31. The fraction of sp³-hybridized carbons (Fsp3) is 0.714. The first-order chi connectivity index (χ1) is 8.69. The Bertz CT molecular complexity index is 323. The molecule has 1 amide bonds. The quantitative estimate of drug-likeness (QED) is 0.540. The number of carbonyl (C=O) groups is 2. The number of esters is 1. The van der Waals surface area contributed by atoms with E-state index in [0.717, 1.165) is 37.8 Å². The second kappa shape index (κ2) is 7.90. The summed E-state index contributed by atoms with van der Waals surface area (Å²) >= 11 is 0. The largest absolute Gasteiger partial charge is 0.469 e. The lowest BCUT2D eigenvalue weighted by atomic mass is 10.0. The van der Waals surface area contributed by atoms with E-state index in [1.54, 1.807) is 4.90 Å². The fourth-order valence-corrected chi connectivity index (χ4v) is 2.10. The summed E-state index contributed by atoms with van der Waals surface area (Å²) in [5.41, 5.74) is 1.09. The summed E-state index contributed by atoms with van der Waals surface area (Å²) < 4.78 is 4.56. The van der Waals surface area contributed by atoms with Crippen molar-refractivity contribution in [2.45, 2.75) is 51.9 Å². The van der Waals surface area contributed by atoms with Crippen molar-refractivity contribution in [1.82, 2.24) is 4.90 Å². The first kappa shape index (κ1) is 14.7. The minimum atomic E-state index is -0.460. The Labute approximate surface area is 109 Å². The molecule has 0 radical (unpaired) electrons. The van der Waals surface area contributed by atoms with Crippen LogP contribution in [-0.4, -0.2) is 30.4 Å². The molecule has 0 fully saturated rings. The molecule has 0 N–H and O–H groups in total. The van der Waals surface area contributed by atoms with Gasteiger partial charge in [-0.25, -0.2) is 0 Å². The number of hydrogen-bond acceptors (Lipinski definition) is 3. The van der Waals surface area contributed by atoms with E-state index < -0.39 is 5.97 Å². The lowest BCUT2D eigenvalue weighted by Crippen LogP contribution is -2.33. The van der Waals surface area contributed by atoms with Gasteiger partial charge in [0, 0.05) is 12.2 Å². The highest BCUT2D eigenvalue weighted by Crippen LogP contribution is 2.22. The molecule has 4 nitrogen and oxygen atoms in total. The van der Waals surface area contributed by atoms with Crippen molar-refractivity contribution in [3.8, 4) is 0 Å². The summed E-state index contributed by atoms with van der Waals surface area (Å²) in [6.07, 6.45) is 8.27. The van der Waals surface area contributed by atoms with Crippen molar-refractivity contribution in [2.75, 3.05) is 13.7 Å². The number of hydrogen-bond donors (Lipinski definition) is 0. The summed E-state index contributed by atoms with van der Waals surface area (Å²) in [6.45, 7) is 2.80. The second-order valence-electron chi connectivity index (χ2n) is 4.59. The van der Waals surface area contributed by atoms with Crippen molar-refractivity contribution in [3.05, 3.63) is 11.8 Å². The van der Waals surface area contributed by atoms with Gasteiger partial charge in [-0.15, -0.1) is 0 Å². The lowest BCUT2D eigenvalue weighted by molar-refractivity contribution is -0.146. The fourth-order valence-electron chi connectivity index (χ4n) is 2.10. The van der Waals surface area contributed by atoms with Gasteiger partial charge < -0.3 is 9.64 Å². The normalized spacial score (nSPS) is 14.9. The Kier molecular flexibility index (Phi) is 6.47. The number of allylic oxidation sites excluding steroid dienone is 2. The molecule has 0 aromatic carbocycles. The van der Waals surface area contributed by atoms with Crippen molar-refractivity contribution >= 4 is 11.9 Å². The predicted octanol–water partition coefficient (Wildman–Crippen LogP) is 2.64. The third kappa shape index (κ3) is 4.51. The van der Waals surface area contributed by atoms with Crippen LogP contribution in [0.4, 0.5) is 0 Å². The molecule has 0 saturated heterocycles. The maximum atomic E-state index is 12.1. The molecule has 0 spiro atoms. The first-order valence-corrected chi connectivity index (χ1v) is 6.75. The van der Waals surface area contributed by atoms with Gasteiger partial charge in [-0.3, -0.25) is 9.59 Å². The Hall–Kier alpha value is -1.32. The van der Waals surface area contributed by atoms with Gasteiger partial charge in [0.15, 0.2) is 0 Å². The minimum absolute atomic E-state index is 0.136. The Morgan fingerprint density at radius 2 is 2.17 bits per heavy atom. The van der Waals surface area contributed by atoms with Crippen LogP contribution < -0.4 is 0 Å². The van der Waals surface area contributed by atoms with Crippen LogP contribution in [0.15, 0.2) is 11.8 Å². The van der Waals surface area contributed by atoms with Crippen LogP contribution in [-0.2, 0) is 14.3 Å². The number of carbonyl (C=O) groups excluding carboxylic acids is 2. The number of nitrogens with zero attached hydrogens (tertiary/aromatic N) is 1. The van der Waals surface area contributed by atoms with Gasteiger partial charge >= 0.3 is 5.97 Å². The zero-order valence-corrected chi connectivity index (χ0v) is 11.4. The van der Waals surface area contributed by atoms with E-state index in [-0.39, 0.29) is 12.3 Å². The van der Waals surface area contributed by atoms with Crippen molar-refractivity contribution < 1.29 is 14.3 Å². The van der Waals surface area contributed by atoms with Crippen LogP contribution >= 0.6 is 0 Å². The molecule has 0 unspecified atom stereocenters. The summed E-state index contributed by atoms with van der Waals surface area (Å²) in [5.74, 6) is -0.596. The summed E-state index contributed by atoms with van der Waals surface area (Å²) in [4.78, 5) is 25.1. The SMILES string of the molecule is CCCCN(C(=O)CC(=O)OC)C1=CCCCC1. The molecule has 0 bridgehead atoms. The van der Waals surface area contributed by atoms with Crippen molar-refractivity contribution in [2.24, 2.45) is 0 Å². The van der Waals surface area contributed by atoms with E-state index in [0.29, 0.717) is 6.54 Å². The maximum absolute atomic E-state index is 12.1. The monoisotopic (exact) mass is 253 g/mol. The molecule has 102 valence electrons. The standard InChI is InChI=1S/C14H23NO3/c1-3-4-10-15(12-8-6-5-7-9-12)13(16)11-14(17)18-2/h8H,3-7,9-11H2,1-2H3. The molecule has 1 aliphatic carbocycles. The van der Waals surface area contributed by atoms with E-state index >= 15 is 0 Å². The van der Waals surface area contributed by atoms with Gasteiger partial charge in [0.25, 0.3) is 0 Å². The van der Waals surface area contributed by atoms with Gasteiger partial charge in [-0.05, 0) is 32.1 Å². The van der Waals surface area contributed by atoms with E-state index in [1.165, 1.54) is 13.5 Å². The molecule has 1 aliphatic rings. The zero-order chi connectivity index (χ0) is 13.4. The zero-order valence-electron chi connectivity index (χ0n) is 11.4. The third-order valence-electron chi connectivity index (χ3n) is 3.17. The van der Waals surface area contributed by atoms with E-state index in [2.05, 4.69) is 17.7 Å². The van der Waals surface area contributed by atoms with Crippen LogP contribution in [0.2, 0.25) is 0 Å². The molecule has 0 heterocycles. The highest BCUT2D eigenvalue weighted by atomic mass is 16.5. The number of methoxy groups -OCH3 is 1. The van der Waals surface area contributed by atoms with Gasteiger partial charge in [0.1, 0.15) is 6.42 Å². The summed E-state index contributed by atoms with van der Waals surface area (Å²) in [6, 6.07) is 0. The average Bonchev–Trinajstić information content (AvgIpc) is 2.40. The van der Waals surface area contributed by atoms with Crippen LogP contribution in [0.25, 0.3) is 0 Å². The van der Waals surface area contributed by atoms with Crippen LogP contribution in [0.1, 0.15) is 51.9 Å². The van der Waals surface area contributed by atoms with Crippen LogP contribution in [0.3, 0.4) is 0 Å². The molecule has 4 heteroatoms. The van der Waals surface area contributed by atoms with Gasteiger partial charge in [-0.2, -0.15) is 0 Å². The van der Waals surface area contributed by atoms with Crippen LogP contribution in [0, 0.1) is 0 Å². The first-order valence-electron chi connectivity index (χ1n) is 6.75. The molecule has 0 aromatic heterocycles. The Balaban J connectivity index is 2.67. The van der Waals surface area contributed by atoms with Gasteiger partial charge in [-0.1, -0.05) is 19.4 Å². The number of ether oxygens (including phenoxy) is 1. The Morgan fingerprint density at radius 3 is 2.72 bits per heavy atom. The third-order valence-corrected chi connectivity index (χ3v) is 3.17. The second-order valence-corrected chi connectivity index (χ2v) is 4.59. The van der Waals surface area contributed by atoms with E-state index in [9.17, 15) is 9.59 Å². The number of rotatable bonds is 6. The van der Waals surface area contributed by atoms with Crippen molar-refractivity contribution in [1.29, 1.82) is 0 Å². The van der Waals surface area contributed by atoms with E-state index in [1.807, 2.05) is 0 Å². The number of amides is 1. The van der Waals surface area contributed by atoms with Crippen LogP contribution in [0.5, 0.6) is 0 Å². The van der Waals surface area contributed by atoms with Crippen molar-refractivity contribution in [3.63, 3.8) is 0 Å². The molecule has 1 rings (SSSR count). The predicted molar refractivity (Wildman–Crippen MR) is 69.8 cm³/mol. The molecule has 0 aromatic rings.